The third kappa shape index (κ3) is 1.35. The quantitative estimate of drug-likeness (QED) is 0.566. The van der Waals surface area contributed by atoms with Gasteiger partial charge in [-0.05, 0) is 19.8 Å². The topological polar surface area (TPSA) is 46.2 Å². The number of carbonyl (C=O) groups excluding carboxylic acids is 2. The van der Waals surface area contributed by atoms with Crippen LogP contribution in [-0.2, 0) is 9.59 Å². The van der Waals surface area contributed by atoms with Gasteiger partial charge in [0.1, 0.15) is 5.78 Å². The highest BCUT2D eigenvalue weighted by Gasteiger charge is 2.31. The standard InChI is InChI=1S/C7H11NO2/c1-5(10)6-2-7(3-6)8-4-9/h4,6-7H,2-3H2,1H3,(H,8,9). The van der Waals surface area contributed by atoms with E-state index in [0.717, 1.165) is 12.8 Å². The first-order valence-electron chi connectivity index (χ1n) is 3.44. The Balaban J connectivity index is 2.17. The average Bonchev–Trinajstić information content (AvgIpc) is 1.76. The van der Waals surface area contributed by atoms with Gasteiger partial charge in [-0.1, -0.05) is 0 Å². The van der Waals surface area contributed by atoms with Gasteiger partial charge in [-0.25, -0.2) is 0 Å². The zero-order valence-electron chi connectivity index (χ0n) is 5.96. The molecule has 1 aliphatic rings. The van der Waals surface area contributed by atoms with Gasteiger partial charge in [-0.2, -0.15) is 0 Å². The fourth-order valence-electron chi connectivity index (χ4n) is 1.18. The van der Waals surface area contributed by atoms with E-state index in [0.29, 0.717) is 6.41 Å². The smallest absolute Gasteiger partial charge is 0.207 e. The fraction of sp³-hybridized carbons (Fsp3) is 0.714. The number of hydrogen-bond donors (Lipinski definition) is 1. The number of amides is 1. The molecule has 0 heterocycles. The average molecular weight is 141 g/mol. The van der Waals surface area contributed by atoms with Crippen molar-refractivity contribution in [3.05, 3.63) is 0 Å². The minimum atomic E-state index is 0.206. The second-order valence-corrected chi connectivity index (χ2v) is 2.76. The molecule has 0 aliphatic heterocycles. The van der Waals surface area contributed by atoms with Gasteiger partial charge in [-0.15, -0.1) is 0 Å². The summed E-state index contributed by atoms with van der Waals surface area (Å²) in [6.45, 7) is 1.60. The lowest BCUT2D eigenvalue weighted by atomic mass is 9.78. The first-order valence-corrected chi connectivity index (χ1v) is 3.44. The van der Waals surface area contributed by atoms with Crippen LogP contribution in [0, 0.1) is 5.92 Å². The second kappa shape index (κ2) is 2.82. The van der Waals surface area contributed by atoms with E-state index in [1.54, 1.807) is 6.92 Å². The summed E-state index contributed by atoms with van der Waals surface area (Å²) in [5, 5.41) is 2.63. The number of nitrogens with one attached hydrogen (secondary N) is 1. The molecule has 1 amide bonds. The Hall–Kier alpha value is -0.860. The molecule has 0 saturated heterocycles. The van der Waals surface area contributed by atoms with Crippen LogP contribution < -0.4 is 5.32 Å². The van der Waals surface area contributed by atoms with Gasteiger partial charge >= 0.3 is 0 Å². The van der Waals surface area contributed by atoms with Crippen LogP contribution >= 0.6 is 0 Å². The van der Waals surface area contributed by atoms with Crippen LogP contribution in [0.5, 0.6) is 0 Å². The molecule has 10 heavy (non-hydrogen) atoms. The van der Waals surface area contributed by atoms with Crippen LogP contribution in [0.2, 0.25) is 0 Å². The molecule has 3 nitrogen and oxygen atoms in total. The normalized spacial score (nSPS) is 30.5. The summed E-state index contributed by atoms with van der Waals surface area (Å²) in [5.41, 5.74) is 0. The Kier molecular flexibility index (Phi) is 2.04. The maximum Gasteiger partial charge on any atom is 0.207 e. The van der Waals surface area contributed by atoms with Gasteiger partial charge in [0, 0.05) is 12.0 Å². The number of rotatable bonds is 3. The molecular weight excluding hydrogens is 130 g/mol. The fourth-order valence-corrected chi connectivity index (χ4v) is 1.18. The molecule has 1 N–H and O–H groups in total. The van der Waals surface area contributed by atoms with Crippen molar-refractivity contribution in [1.82, 2.24) is 5.32 Å². The minimum absolute atomic E-state index is 0.206. The van der Waals surface area contributed by atoms with Gasteiger partial charge in [0.2, 0.25) is 6.41 Å². The molecule has 0 spiro atoms. The summed E-state index contributed by atoms with van der Waals surface area (Å²) in [7, 11) is 0. The lowest BCUT2D eigenvalue weighted by Crippen LogP contribution is -2.42. The molecule has 1 fully saturated rings. The van der Waals surface area contributed by atoms with Crippen LogP contribution in [0.1, 0.15) is 19.8 Å². The van der Waals surface area contributed by atoms with Crippen molar-refractivity contribution in [2.45, 2.75) is 25.8 Å². The zero-order valence-corrected chi connectivity index (χ0v) is 5.96. The van der Waals surface area contributed by atoms with E-state index < -0.39 is 0 Å². The molecule has 0 aromatic rings. The third-order valence-electron chi connectivity index (χ3n) is 2.02. The van der Waals surface area contributed by atoms with Crippen molar-refractivity contribution >= 4 is 12.2 Å². The Bertz CT molecular complexity index is 150. The Morgan fingerprint density at radius 1 is 1.60 bits per heavy atom. The maximum atomic E-state index is 10.7. The van der Waals surface area contributed by atoms with Crippen molar-refractivity contribution in [1.29, 1.82) is 0 Å². The van der Waals surface area contributed by atoms with E-state index in [4.69, 9.17) is 0 Å². The monoisotopic (exact) mass is 141 g/mol. The Labute approximate surface area is 59.8 Å². The first-order chi connectivity index (χ1) is 4.74. The highest BCUT2D eigenvalue weighted by Crippen LogP contribution is 2.27. The molecule has 56 valence electrons. The Morgan fingerprint density at radius 3 is 2.60 bits per heavy atom. The van der Waals surface area contributed by atoms with Gasteiger partial charge in [-0.3, -0.25) is 9.59 Å². The highest BCUT2D eigenvalue weighted by molar-refractivity contribution is 5.79. The zero-order chi connectivity index (χ0) is 7.56. The molecule has 0 unspecified atom stereocenters. The summed E-state index contributed by atoms with van der Waals surface area (Å²) in [4.78, 5) is 20.5. The number of hydrogen-bond acceptors (Lipinski definition) is 2. The van der Waals surface area contributed by atoms with E-state index in [1.165, 1.54) is 0 Å². The molecular formula is C7H11NO2. The molecule has 0 radical (unpaired) electrons. The van der Waals surface area contributed by atoms with Crippen LogP contribution in [0.3, 0.4) is 0 Å². The molecule has 1 saturated carbocycles. The second-order valence-electron chi connectivity index (χ2n) is 2.76. The van der Waals surface area contributed by atoms with Crippen LogP contribution in [0.15, 0.2) is 0 Å². The van der Waals surface area contributed by atoms with Crippen molar-refractivity contribution in [3.63, 3.8) is 0 Å². The predicted octanol–water partition coefficient (Wildman–Crippen LogP) is 0.100. The largest absolute Gasteiger partial charge is 0.356 e. The summed E-state index contributed by atoms with van der Waals surface area (Å²) in [6, 6.07) is 0.256. The molecule has 0 aromatic carbocycles. The van der Waals surface area contributed by atoms with E-state index in [2.05, 4.69) is 5.32 Å². The predicted molar refractivity (Wildman–Crippen MR) is 36.4 cm³/mol. The molecule has 3 heteroatoms. The van der Waals surface area contributed by atoms with Gasteiger partial charge in [0.05, 0.1) is 0 Å². The SMILES string of the molecule is CC(=O)C1CC(NC=O)C1. The van der Waals surface area contributed by atoms with Crippen LogP contribution in [0.25, 0.3) is 0 Å². The lowest BCUT2D eigenvalue weighted by Gasteiger charge is -2.32. The summed E-state index contributed by atoms with van der Waals surface area (Å²) < 4.78 is 0. The first kappa shape index (κ1) is 7.25. The van der Waals surface area contributed by atoms with Crippen LogP contribution in [0.4, 0.5) is 0 Å². The maximum absolute atomic E-state index is 10.7. The molecule has 0 bridgehead atoms. The van der Waals surface area contributed by atoms with Crippen molar-refractivity contribution in [2.75, 3.05) is 0 Å². The summed E-state index contributed by atoms with van der Waals surface area (Å²) >= 11 is 0. The van der Waals surface area contributed by atoms with Gasteiger partial charge in [0.25, 0.3) is 0 Å². The number of Topliss-reactive ketones (excluding diaryl/α,β-unsaturated/α-hetero) is 1. The van der Waals surface area contributed by atoms with Crippen LogP contribution in [-0.4, -0.2) is 18.2 Å². The highest BCUT2D eigenvalue weighted by atomic mass is 16.1. The van der Waals surface area contributed by atoms with E-state index >= 15 is 0 Å². The minimum Gasteiger partial charge on any atom is -0.356 e. The summed E-state index contributed by atoms with van der Waals surface area (Å²) in [6.07, 6.45) is 2.35. The Morgan fingerprint density at radius 2 is 2.20 bits per heavy atom. The number of ketones is 1. The molecule has 1 aliphatic carbocycles. The van der Waals surface area contributed by atoms with Gasteiger partial charge < -0.3 is 5.32 Å². The van der Waals surface area contributed by atoms with Crippen molar-refractivity contribution in [2.24, 2.45) is 5.92 Å². The summed E-state index contributed by atoms with van der Waals surface area (Å²) in [5.74, 6) is 0.446. The van der Waals surface area contributed by atoms with E-state index in [-0.39, 0.29) is 17.7 Å². The van der Waals surface area contributed by atoms with E-state index in [9.17, 15) is 9.59 Å². The lowest BCUT2D eigenvalue weighted by molar-refractivity contribution is -0.124. The third-order valence-corrected chi connectivity index (χ3v) is 2.02. The van der Waals surface area contributed by atoms with Crippen molar-refractivity contribution < 1.29 is 9.59 Å². The molecule has 1 rings (SSSR count). The number of carbonyl (C=O) groups is 2. The van der Waals surface area contributed by atoms with E-state index in [1.807, 2.05) is 0 Å². The molecule has 0 aromatic heterocycles. The van der Waals surface area contributed by atoms with Crippen molar-refractivity contribution in [3.8, 4) is 0 Å². The van der Waals surface area contributed by atoms with Gasteiger partial charge in [0.15, 0.2) is 0 Å². The molecule has 0 atom stereocenters.